The molecule has 6 aliphatic rings. The molecule has 3 heterocycles. The molecular weight excluding hydrogens is 616 g/mol. The van der Waals surface area contributed by atoms with E-state index in [0.717, 1.165) is 49.4 Å². The molecule has 0 spiro atoms. The lowest BCUT2D eigenvalue weighted by atomic mass is 9.44. The Kier molecular flexibility index (Phi) is 7.95. The lowest BCUT2D eigenvalue weighted by Gasteiger charge is -2.64. The molecule has 9 nitrogen and oxygen atoms in total. The van der Waals surface area contributed by atoms with E-state index in [2.05, 4.69) is 24.8 Å². The van der Waals surface area contributed by atoms with E-state index in [9.17, 15) is 25.0 Å². The number of fused-ring (bicyclic) bond motifs is 6. The number of aliphatic hydroxyl groups excluding tert-OH is 1. The zero-order chi connectivity index (χ0) is 34.3. The van der Waals surface area contributed by atoms with Crippen molar-refractivity contribution in [3.63, 3.8) is 0 Å². The van der Waals surface area contributed by atoms with Crippen LogP contribution in [0.1, 0.15) is 88.5 Å². The second kappa shape index (κ2) is 11.8. The average molecular weight is 669 g/mol. The summed E-state index contributed by atoms with van der Waals surface area (Å²) >= 11 is 0. The first-order chi connectivity index (χ1) is 23.4. The van der Waals surface area contributed by atoms with Crippen LogP contribution >= 0.6 is 0 Å². The van der Waals surface area contributed by atoms with Gasteiger partial charge in [0.05, 0.1) is 31.7 Å². The Morgan fingerprint density at radius 2 is 1.76 bits per heavy atom. The number of hydrogen-bond acceptors (Lipinski definition) is 6. The van der Waals surface area contributed by atoms with Crippen LogP contribution in [0, 0.1) is 52.1 Å². The zero-order valence-corrected chi connectivity index (χ0v) is 29.1. The fourth-order valence-corrected chi connectivity index (χ4v) is 12.2. The van der Waals surface area contributed by atoms with Crippen molar-refractivity contribution in [3.05, 3.63) is 47.3 Å². The van der Waals surface area contributed by atoms with Crippen LogP contribution in [0.4, 0.5) is 0 Å². The number of carbonyl (C=O) groups is 2. The molecule has 5 unspecified atom stereocenters. The second-order valence-corrected chi connectivity index (χ2v) is 17.0. The smallest absolute Gasteiger partial charge is 0.273 e. The number of terminal acetylenes is 1. The minimum atomic E-state index is -1.04. The Morgan fingerprint density at radius 1 is 1.00 bits per heavy atom. The number of carbonyl (C=O) groups excluding carboxylic acids is 2. The third-order valence-electron chi connectivity index (χ3n) is 15.1. The number of hydrogen-bond donors (Lipinski definition) is 2. The van der Waals surface area contributed by atoms with Crippen LogP contribution in [0.15, 0.2) is 36.4 Å². The summed E-state index contributed by atoms with van der Waals surface area (Å²) in [6.07, 6.45) is 13.7. The van der Waals surface area contributed by atoms with Gasteiger partial charge >= 0.3 is 0 Å². The molecule has 4 saturated carbocycles. The van der Waals surface area contributed by atoms with Gasteiger partial charge in [0.25, 0.3) is 5.91 Å². The number of hydroxylamine groups is 3. The molecule has 6 fully saturated rings. The first-order valence-corrected chi connectivity index (χ1v) is 18.8. The molecule has 1 aromatic carbocycles. The summed E-state index contributed by atoms with van der Waals surface area (Å²) in [4.78, 5) is 35.6. The molecule has 2 saturated heterocycles. The van der Waals surface area contributed by atoms with E-state index < -0.39 is 28.4 Å². The number of aliphatic hydroxyl groups is 2. The van der Waals surface area contributed by atoms with Gasteiger partial charge in [-0.25, -0.2) is 4.98 Å². The Hall–Kier alpha value is -3.03. The fourth-order valence-electron chi connectivity index (χ4n) is 12.2. The van der Waals surface area contributed by atoms with Crippen LogP contribution in [-0.4, -0.2) is 98.0 Å². The van der Waals surface area contributed by atoms with E-state index >= 15 is 0 Å². The monoisotopic (exact) mass is 668 g/mol. The number of rotatable bonds is 3. The van der Waals surface area contributed by atoms with Crippen LogP contribution in [-0.2, 0) is 4.79 Å². The number of para-hydroxylation sites is 1. The van der Waals surface area contributed by atoms with Crippen molar-refractivity contribution in [2.75, 3.05) is 32.7 Å². The summed E-state index contributed by atoms with van der Waals surface area (Å²) in [5.74, 6) is 4.18. The molecule has 0 radical (unpaired) electrons. The van der Waals surface area contributed by atoms with Crippen molar-refractivity contribution in [3.8, 4) is 12.3 Å². The Morgan fingerprint density at radius 3 is 2.53 bits per heavy atom. The summed E-state index contributed by atoms with van der Waals surface area (Å²) in [5.41, 5.74) is -0.252. The van der Waals surface area contributed by atoms with Crippen molar-refractivity contribution in [1.29, 1.82) is 0 Å². The highest BCUT2D eigenvalue weighted by Gasteiger charge is 2.65. The van der Waals surface area contributed by atoms with Crippen LogP contribution < -0.4 is 0 Å². The van der Waals surface area contributed by atoms with Gasteiger partial charge in [0, 0.05) is 23.8 Å². The predicted octanol–water partition coefficient (Wildman–Crippen LogP) is 4.74. The summed E-state index contributed by atoms with van der Waals surface area (Å²) in [6, 6.07) is 10.4. The largest absolute Gasteiger partial charge is 0.632 e. The highest BCUT2D eigenvalue weighted by Crippen LogP contribution is 2.68. The molecule has 9 heteroatoms. The van der Waals surface area contributed by atoms with E-state index in [1.807, 2.05) is 30.3 Å². The topological polar surface area (TPSA) is 117 Å². The van der Waals surface area contributed by atoms with Crippen molar-refractivity contribution in [2.45, 2.75) is 102 Å². The van der Waals surface area contributed by atoms with Gasteiger partial charge in [0.2, 0.25) is 5.91 Å². The number of nitrogens with zero attached hydrogens (tertiary/aromatic N) is 4. The summed E-state index contributed by atoms with van der Waals surface area (Å²) < 4.78 is -0.461. The average Bonchev–Trinajstić information content (AvgIpc) is 3.70. The van der Waals surface area contributed by atoms with Gasteiger partial charge in [0.1, 0.15) is 29.5 Å². The normalized spacial score (nSPS) is 41.4. The molecule has 0 bridgehead atoms. The molecule has 2 aromatic rings. The van der Waals surface area contributed by atoms with Crippen molar-refractivity contribution in [2.24, 2.45) is 34.5 Å². The maximum absolute atomic E-state index is 14.7. The number of quaternary nitrogens is 1. The molecule has 2 amide bonds. The minimum absolute atomic E-state index is 0.0465. The maximum atomic E-state index is 14.7. The van der Waals surface area contributed by atoms with Gasteiger partial charge in [-0.2, -0.15) is 0 Å². The molecule has 4 aliphatic carbocycles. The van der Waals surface area contributed by atoms with Crippen LogP contribution in [0.3, 0.4) is 0 Å². The molecule has 8 rings (SSSR count). The predicted molar refractivity (Wildman–Crippen MR) is 186 cm³/mol. The Bertz CT molecular complexity index is 1680. The third-order valence-corrected chi connectivity index (χ3v) is 15.1. The Balaban J connectivity index is 0.947. The van der Waals surface area contributed by atoms with E-state index in [0.29, 0.717) is 74.7 Å². The molecule has 10 atom stereocenters. The number of amides is 2. The van der Waals surface area contributed by atoms with Crippen LogP contribution in [0.2, 0.25) is 0 Å². The van der Waals surface area contributed by atoms with Crippen LogP contribution in [0.5, 0.6) is 0 Å². The van der Waals surface area contributed by atoms with Crippen molar-refractivity contribution < 1.29 is 24.4 Å². The molecule has 49 heavy (non-hydrogen) atoms. The second-order valence-electron chi connectivity index (χ2n) is 17.0. The number of aromatic nitrogens is 1. The van der Waals surface area contributed by atoms with E-state index in [-0.39, 0.29) is 35.7 Å². The molecule has 2 N–H and O–H groups in total. The number of benzene rings is 1. The van der Waals surface area contributed by atoms with Crippen LogP contribution in [0.25, 0.3) is 10.9 Å². The quantitative estimate of drug-likeness (QED) is 0.277. The molecular formula is C40H52N4O5. The van der Waals surface area contributed by atoms with Crippen molar-refractivity contribution in [1.82, 2.24) is 14.8 Å². The number of likely N-dealkylation sites (tertiary alicyclic amines) is 1. The SMILES string of the molecule is C#C[C@]1(O)CCC2C3CCC4C[C@H](O)[C@@H]([N+]5([O-])CCN(C(=O)C6CCCN6C(=O)c6ccc7ccccc7n6)CC5)C[C@]4(C)C3CC[C@@]21C. The summed E-state index contributed by atoms with van der Waals surface area (Å²) in [5, 5.41) is 38.6. The molecule has 2 aliphatic heterocycles. The van der Waals surface area contributed by atoms with Gasteiger partial charge < -0.3 is 29.9 Å². The zero-order valence-electron chi connectivity index (χ0n) is 29.1. The van der Waals surface area contributed by atoms with Gasteiger partial charge in [-0.05, 0) is 99.0 Å². The Labute approximate surface area is 290 Å². The van der Waals surface area contributed by atoms with Gasteiger partial charge in [-0.15, -0.1) is 6.42 Å². The fraction of sp³-hybridized carbons (Fsp3) is 0.675. The van der Waals surface area contributed by atoms with Gasteiger partial charge in [0.15, 0.2) is 0 Å². The summed E-state index contributed by atoms with van der Waals surface area (Å²) in [7, 11) is 0. The highest BCUT2D eigenvalue weighted by atomic mass is 16.6. The van der Waals surface area contributed by atoms with Crippen molar-refractivity contribution >= 4 is 22.7 Å². The van der Waals surface area contributed by atoms with E-state index in [1.54, 1.807) is 15.9 Å². The first-order valence-electron chi connectivity index (χ1n) is 18.8. The maximum Gasteiger partial charge on any atom is 0.273 e. The summed E-state index contributed by atoms with van der Waals surface area (Å²) in [6.45, 7) is 6.28. The lowest BCUT2D eigenvalue weighted by Crippen LogP contribution is -2.69. The van der Waals surface area contributed by atoms with E-state index in [1.165, 1.54) is 0 Å². The van der Waals surface area contributed by atoms with E-state index in [4.69, 9.17) is 6.42 Å². The lowest BCUT2D eigenvalue weighted by molar-refractivity contribution is -0.915. The minimum Gasteiger partial charge on any atom is -0.632 e. The van der Waals surface area contributed by atoms with Gasteiger partial charge in [-0.3, -0.25) is 9.59 Å². The highest BCUT2D eigenvalue weighted by molar-refractivity contribution is 5.98. The standard InChI is InChI=1S/C40H52N4O5/c1-4-40(48)18-16-30-28-13-12-27-24-35(45)34(25-38(27,2)29(28)15-17-39(30,40)3)44(49)22-20-42(21-23-44)37(47)33-10-7-19-43(33)36(46)32-14-11-26-8-5-6-9-31(26)41-32/h1,5-6,8-9,11,14,27-30,33-35,45,48H,7,10,12-13,15-25H2,2-3H3/t27?,28?,29?,30?,33?,34-,35-,38-,39-,40-/m0/s1. The number of piperazine rings is 1. The third kappa shape index (κ3) is 4.99. The first kappa shape index (κ1) is 33.1. The molecule has 262 valence electrons. The number of pyridine rings is 1. The molecule has 1 aromatic heterocycles. The van der Waals surface area contributed by atoms with Gasteiger partial charge in [-0.1, -0.05) is 44.0 Å².